The van der Waals surface area contributed by atoms with Gasteiger partial charge in [0.25, 0.3) is 0 Å². The van der Waals surface area contributed by atoms with Crippen LogP contribution in [0.15, 0.2) is 46.4 Å². The smallest absolute Gasteiger partial charge is 0.147 e. The molecule has 0 aromatic heterocycles. The summed E-state index contributed by atoms with van der Waals surface area (Å²) in [5.74, 6) is 0.590. The molecule has 0 saturated carbocycles. The minimum absolute atomic E-state index is 0. The van der Waals surface area contributed by atoms with E-state index in [0.717, 1.165) is 0 Å². The molecule has 1 N–H and O–H groups in total. The van der Waals surface area contributed by atoms with Crippen LogP contribution in [0.5, 0.6) is 0 Å². The van der Waals surface area contributed by atoms with Gasteiger partial charge in [0.1, 0.15) is 0 Å². The summed E-state index contributed by atoms with van der Waals surface area (Å²) in [6, 6.07) is 8.85. The van der Waals surface area contributed by atoms with E-state index in [1.807, 2.05) is 0 Å². The van der Waals surface area contributed by atoms with Gasteiger partial charge in [0.05, 0.1) is 0 Å². The number of rotatable bonds is 5. The zero-order valence-electron chi connectivity index (χ0n) is 13.2. The number of halogens is 2. The summed E-state index contributed by atoms with van der Waals surface area (Å²) >= 11 is -1.27. The van der Waals surface area contributed by atoms with Gasteiger partial charge in [0.15, 0.2) is 0 Å². The molecule has 117 valence electrons. The molecule has 0 saturated heterocycles. The molecule has 1 aliphatic carbocycles. The van der Waals surface area contributed by atoms with Crippen LogP contribution in [-0.4, -0.2) is 6.66 Å². The molecule has 5 heteroatoms. The van der Waals surface area contributed by atoms with E-state index < -0.39 is 24.0 Å². The van der Waals surface area contributed by atoms with Gasteiger partial charge in [-0.1, -0.05) is 0 Å². The fraction of sp³-hybridized carbons (Fsp3) is 0.375. The van der Waals surface area contributed by atoms with E-state index in [1.54, 1.807) is 3.88 Å². The third-order valence-corrected chi connectivity index (χ3v) is 14.7. The summed E-state index contributed by atoms with van der Waals surface area (Å²) in [6.07, 6.45) is 8.09. The molecular formula is C16H26Cl2NSiTi. The molecule has 1 aromatic rings. The van der Waals surface area contributed by atoms with E-state index in [9.17, 15) is 0 Å². The quantitative estimate of drug-likeness (QED) is 0.673. The molecule has 0 unspecified atom stereocenters. The van der Waals surface area contributed by atoms with Crippen LogP contribution < -0.4 is 3.80 Å². The number of allylic oxidation sites excluding steroid dienone is 4. The van der Waals surface area contributed by atoms with Crippen LogP contribution in [0.4, 0.5) is 5.69 Å². The molecule has 1 aromatic carbocycles. The molecular weight excluding hydrogens is 353 g/mol. The SMILES string of the molecule is CC(C)c1ccccc1[NH][Ti]([C]1=CC=CC1)[SiH](C)C.Cl.Cl. The standard InChI is InChI=1S/C9H12N.C5H5.C2H7Si.2ClH.Ti/c1-7(2)8-5-3-4-6-9(8)10;1-2-4-5-3-1;1-3-2;;;/h3-7,10H,1-2H3;1-3H,4H2;3H,1-2H3;2*1H;/q-1;;;;;+1. The van der Waals surface area contributed by atoms with Crippen molar-refractivity contribution in [2.45, 2.75) is 39.3 Å². The van der Waals surface area contributed by atoms with Crippen LogP contribution in [-0.2, 0) is 17.4 Å². The van der Waals surface area contributed by atoms with Gasteiger partial charge in [-0.2, -0.15) is 0 Å². The third kappa shape index (κ3) is 5.61. The van der Waals surface area contributed by atoms with Crippen molar-refractivity contribution in [1.82, 2.24) is 0 Å². The van der Waals surface area contributed by atoms with E-state index in [0.29, 0.717) is 5.92 Å². The molecule has 0 atom stereocenters. The maximum absolute atomic E-state index is 3.99. The number of anilines is 1. The van der Waals surface area contributed by atoms with Crippen LogP contribution in [0.3, 0.4) is 0 Å². The van der Waals surface area contributed by atoms with Gasteiger partial charge in [0, 0.05) is 0 Å². The molecule has 21 heavy (non-hydrogen) atoms. The minimum atomic E-state index is -1.27. The topological polar surface area (TPSA) is 12.0 Å². The van der Waals surface area contributed by atoms with Crippen molar-refractivity contribution in [2.24, 2.45) is 0 Å². The summed E-state index contributed by atoms with van der Waals surface area (Å²) in [7, 11) is 0. The van der Waals surface area contributed by atoms with Crippen LogP contribution in [0.1, 0.15) is 31.7 Å². The van der Waals surface area contributed by atoms with Gasteiger partial charge in [0.2, 0.25) is 0 Å². The Morgan fingerprint density at radius 1 is 1.14 bits per heavy atom. The predicted octanol–water partition coefficient (Wildman–Crippen LogP) is 5.43. The summed E-state index contributed by atoms with van der Waals surface area (Å²) in [5.41, 5.74) is 2.86. The Morgan fingerprint density at radius 2 is 1.81 bits per heavy atom. The van der Waals surface area contributed by atoms with Gasteiger partial charge >= 0.3 is 125 Å². The van der Waals surface area contributed by atoms with Crippen molar-refractivity contribution >= 4 is 37.2 Å². The van der Waals surface area contributed by atoms with Crippen molar-refractivity contribution in [3.63, 3.8) is 0 Å². The Labute approximate surface area is 149 Å². The largest absolute Gasteiger partial charge is 0.147 e. The molecule has 2 rings (SSSR count). The summed E-state index contributed by atoms with van der Waals surface area (Å²) in [6.45, 7) is 8.95. The Kier molecular flexibility index (Phi) is 9.92. The van der Waals surface area contributed by atoms with Gasteiger partial charge in [-0.3, -0.25) is 0 Å². The van der Waals surface area contributed by atoms with Gasteiger partial charge in [-0.05, 0) is 0 Å². The zero-order chi connectivity index (χ0) is 13.8. The van der Waals surface area contributed by atoms with Crippen LogP contribution in [0.25, 0.3) is 0 Å². The van der Waals surface area contributed by atoms with Crippen molar-refractivity contribution in [3.05, 3.63) is 51.9 Å². The Bertz CT molecular complexity index is 501. The molecule has 0 amide bonds. The Hall–Kier alpha value is 0.0112. The first-order chi connectivity index (χ1) is 9.09. The molecule has 0 radical (unpaired) electrons. The summed E-state index contributed by atoms with van der Waals surface area (Å²) in [4.78, 5) is 0. The third-order valence-electron chi connectivity index (χ3n) is 3.55. The van der Waals surface area contributed by atoms with E-state index in [4.69, 9.17) is 0 Å². The van der Waals surface area contributed by atoms with Gasteiger partial charge in [-0.15, -0.1) is 24.8 Å². The minimum Gasteiger partial charge on any atom is -0.147 e. The fourth-order valence-electron chi connectivity index (χ4n) is 2.50. The second kappa shape index (κ2) is 9.91. The average Bonchev–Trinajstić information content (AvgIpc) is 2.89. The predicted molar refractivity (Wildman–Crippen MR) is 99.4 cm³/mol. The normalized spacial score (nSPS) is 12.8. The molecule has 0 bridgehead atoms. The van der Waals surface area contributed by atoms with Crippen molar-refractivity contribution in [1.29, 1.82) is 0 Å². The molecule has 0 fully saturated rings. The fourth-order valence-corrected chi connectivity index (χ4v) is 11.9. The van der Waals surface area contributed by atoms with Crippen molar-refractivity contribution < 1.29 is 17.4 Å². The Morgan fingerprint density at radius 3 is 2.33 bits per heavy atom. The maximum Gasteiger partial charge on any atom is -0.147 e. The van der Waals surface area contributed by atoms with E-state index in [-0.39, 0.29) is 24.8 Å². The molecule has 0 spiro atoms. The van der Waals surface area contributed by atoms with E-state index in [2.05, 4.69) is 73.2 Å². The summed E-state index contributed by atoms with van der Waals surface area (Å²) < 4.78 is 5.71. The first kappa shape index (κ1) is 21.0. The second-order valence-corrected chi connectivity index (χ2v) is 18.5. The van der Waals surface area contributed by atoms with Crippen LogP contribution >= 0.6 is 24.8 Å². The van der Waals surface area contributed by atoms with Crippen molar-refractivity contribution in [2.75, 3.05) is 3.80 Å². The van der Waals surface area contributed by atoms with E-state index in [1.165, 1.54) is 17.7 Å². The van der Waals surface area contributed by atoms with E-state index >= 15 is 0 Å². The van der Waals surface area contributed by atoms with Crippen LogP contribution in [0, 0.1) is 0 Å². The van der Waals surface area contributed by atoms with Crippen molar-refractivity contribution in [3.8, 4) is 0 Å². The molecule has 1 aliphatic rings. The van der Waals surface area contributed by atoms with Gasteiger partial charge < -0.3 is 0 Å². The average molecular weight is 379 g/mol. The summed E-state index contributed by atoms with van der Waals surface area (Å²) in [5, 5.41) is 0. The number of nitrogens with one attached hydrogen (secondary N) is 1. The van der Waals surface area contributed by atoms with Gasteiger partial charge in [-0.25, -0.2) is 0 Å². The monoisotopic (exact) mass is 378 g/mol. The molecule has 0 heterocycles. The molecule has 0 aliphatic heterocycles. The van der Waals surface area contributed by atoms with Crippen LogP contribution in [0.2, 0.25) is 13.1 Å². The molecule has 1 nitrogen and oxygen atoms in total. The number of para-hydroxylation sites is 1. The number of hydrogen-bond acceptors (Lipinski definition) is 1. The maximum atomic E-state index is 3.99. The second-order valence-electron chi connectivity index (χ2n) is 5.76. The number of hydrogen-bond donors (Lipinski definition) is 1. The first-order valence-electron chi connectivity index (χ1n) is 7.18. The Balaban J connectivity index is 0.00000200. The zero-order valence-corrected chi connectivity index (χ0v) is 17.6. The number of benzene rings is 1. The first-order valence-corrected chi connectivity index (χ1v) is 14.3.